The van der Waals surface area contributed by atoms with Crippen molar-refractivity contribution in [1.29, 1.82) is 0 Å². The maximum absolute atomic E-state index is 13.3. The Labute approximate surface area is 224 Å². The molecule has 1 aliphatic rings. The highest BCUT2D eigenvalue weighted by Gasteiger charge is 2.20. The quantitative estimate of drug-likeness (QED) is 0.148. The van der Waals surface area contributed by atoms with Gasteiger partial charge in [-0.1, -0.05) is 66.1 Å². The van der Waals surface area contributed by atoms with Gasteiger partial charge in [-0.2, -0.15) is 0 Å². The first kappa shape index (κ1) is 24.7. The highest BCUT2D eigenvalue weighted by Crippen LogP contribution is 2.23. The summed E-state index contributed by atoms with van der Waals surface area (Å²) in [6, 6.07) is 19.1. The molecule has 0 bridgehead atoms. The van der Waals surface area contributed by atoms with Gasteiger partial charge in [0.2, 0.25) is 5.95 Å². The first-order valence-electron chi connectivity index (χ1n) is 11.8. The average molecular weight is 535 g/mol. The van der Waals surface area contributed by atoms with Crippen molar-refractivity contribution in [2.75, 3.05) is 42.6 Å². The van der Waals surface area contributed by atoms with Crippen molar-refractivity contribution >= 4 is 56.9 Å². The van der Waals surface area contributed by atoms with Gasteiger partial charge in [-0.3, -0.25) is 9.36 Å². The maximum Gasteiger partial charge on any atom is 0.266 e. The third-order valence-electron chi connectivity index (χ3n) is 5.88. The lowest BCUT2D eigenvalue weighted by atomic mass is 10.2. The van der Waals surface area contributed by atoms with E-state index < -0.39 is 0 Å². The molecule has 0 unspecified atom stereocenters. The molecule has 2 aromatic heterocycles. The molecule has 1 saturated heterocycles. The predicted octanol–water partition coefficient (Wildman–Crippen LogP) is 4.50. The van der Waals surface area contributed by atoms with Crippen LogP contribution in [0.3, 0.4) is 0 Å². The van der Waals surface area contributed by atoms with Crippen LogP contribution in [0.1, 0.15) is 6.42 Å². The number of benzene rings is 2. The molecule has 1 aliphatic heterocycles. The van der Waals surface area contributed by atoms with Crippen LogP contribution in [-0.4, -0.2) is 66.4 Å². The third kappa shape index (κ3) is 5.71. The second-order valence-electron chi connectivity index (χ2n) is 8.23. The molecule has 0 saturated carbocycles. The topological polar surface area (TPSA) is 67.2 Å². The number of fused-ring (bicyclic) bond motifs is 1. The van der Waals surface area contributed by atoms with E-state index in [0.29, 0.717) is 5.39 Å². The minimum atomic E-state index is -0.0371. The standard InChI is InChI=1S/C26H26N6OS3/c33-23-21-10-4-5-11-22(21)29-25(32(23)20-8-2-1-3-9-20)35-18-7-19-36-26(34)31-16-14-30(15-17-31)24-27-12-6-13-28-24/h1-6,8-13H,7,14-19H2. The molecule has 0 N–H and O–H groups in total. The molecule has 184 valence electrons. The highest BCUT2D eigenvalue weighted by atomic mass is 32.2. The van der Waals surface area contributed by atoms with Crippen LogP contribution in [0.15, 0.2) is 83.0 Å². The van der Waals surface area contributed by atoms with E-state index in [1.165, 1.54) is 0 Å². The summed E-state index contributed by atoms with van der Waals surface area (Å²) >= 11 is 9.05. The molecule has 2 aromatic carbocycles. The van der Waals surface area contributed by atoms with Crippen molar-refractivity contribution in [1.82, 2.24) is 24.4 Å². The largest absolute Gasteiger partial charge is 0.354 e. The van der Waals surface area contributed by atoms with Gasteiger partial charge in [0.05, 0.1) is 16.6 Å². The smallest absolute Gasteiger partial charge is 0.266 e. The normalized spacial score (nSPS) is 13.8. The Bertz CT molecular complexity index is 1380. The first-order valence-corrected chi connectivity index (χ1v) is 14.2. The van der Waals surface area contributed by atoms with Crippen molar-refractivity contribution < 1.29 is 0 Å². The molecule has 3 heterocycles. The van der Waals surface area contributed by atoms with E-state index in [1.807, 2.05) is 60.7 Å². The van der Waals surface area contributed by atoms with E-state index in [0.717, 1.165) is 70.7 Å². The number of anilines is 1. The van der Waals surface area contributed by atoms with Crippen molar-refractivity contribution in [3.05, 3.63) is 83.4 Å². The molecular formula is C26H26N6OS3. The minimum absolute atomic E-state index is 0.0371. The fourth-order valence-corrected chi connectivity index (χ4v) is 6.43. The van der Waals surface area contributed by atoms with Gasteiger partial charge < -0.3 is 9.80 Å². The maximum atomic E-state index is 13.3. The van der Waals surface area contributed by atoms with Crippen molar-refractivity contribution in [3.63, 3.8) is 0 Å². The summed E-state index contributed by atoms with van der Waals surface area (Å²) in [5.41, 5.74) is 1.52. The van der Waals surface area contributed by atoms with Gasteiger partial charge in [0.1, 0.15) is 4.32 Å². The van der Waals surface area contributed by atoms with Crippen molar-refractivity contribution in [2.45, 2.75) is 11.6 Å². The van der Waals surface area contributed by atoms with Crippen LogP contribution in [0.4, 0.5) is 5.95 Å². The van der Waals surface area contributed by atoms with E-state index in [4.69, 9.17) is 17.2 Å². The molecule has 0 amide bonds. The minimum Gasteiger partial charge on any atom is -0.354 e. The van der Waals surface area contributed by atoms with Gasteiger partial charge in [-0.15, -0.1) is 0 Å². The molecule has 7 nitrogen and oxygen atoms in total. The number of thioether (sulfide) groups is 2. The number of nitrogens with zero attached hydrogens (tertiary/aromatic N) is 6. The molecule has 0 radical (unpaired) electrons. The van der Waals surface area contributed by atoms with Gasteiger partial charge in [-0.25, -0.2) is 15.0 Å². The number of hydrogen-bond donors (Lipinski definition) is 0. The zero-order valence-corrected chi connectivity index (χ0v) is 22.1. The summed E-state index contributed by atoms with van der Waals surface area (Å²) in [6.45, 7) is 3.49. The number of hydrogen-bond acceptors (Lipinski definition) is 8. The predicted molar refractivity (Wildman–Crippen MR) is 154 cm³/mol. The highest BCUT2D eigenvalue weighted by molar-refractivity contribution is 8.22. The number of piperazine rings is 1. The molecule has 5 rings (SSSR count). The van der Waals surface area contributed by atoms with Crippen molar-refractivity contribution in [3.8, 4) is 5.69 Å². The SMILES string of the molecule is O=c1c2ccccc2nc(SCCCSC(=S)N2CCN(c3ncccn3)CC2)n1-c1ccccc1. The molecule has 4 aromatic rings. The molecular weight excluding hydrogens is 509 g/mol. The van der Waals surface area contributed by atoms with Crippen LogP contribution < -0.4 is 10.5 Å². The third-order valence-corrected chi connectivity index (χ3v) is 8.51. The van der Waals surface area contributed by atoms with Crippen LogP contribution in [0, 0.1) is 0 Å². The zero-order valence-electron chi connectivity index (χ0n) is 19.7. The van der Waals surface area contributed by atoms with E-state index >= 15 is 0 Å². The average Bonchev–Trinajstić information content (AvgIpc) is 2.94. The number of aromatic nitrogens is 4. The number of para-hydroxylation sites is 2. The van der Waals surface area contributed by atoms with E-state index in [2.05, 4.69) is 19.8 Å². The van der Waals surface area contributed by atoms with E-state index in [9.17, 15) is 4.79 Å². The zero-order chi connectivity index (χ0) is 24.7. The molecule has 0 aliphatic carbocycles. The lowest BCUT2D eigenvalue weighted by molar-refractivity contribution is 0.394. The van der Waals surface area contributed by atoms with Crippen LogP contribution in [0.2, 0.25) is 0 Å². The van der Waals surface area contributed by atoms with Crippen LogP contribution >= 0.6 is 35.7 Å². The lowest BCUT2D eigenvalue weighted by Gasteiger charge is -2.35. The Morgan fingerprint density at radius 3 is 2.39 bits per heavy atom. The monoisotopic (exact) mass is 534 g/mol. The van der Waals surface area contributed by atoms with Crippen LogP contribution in [0.25, 0.3) is 16.6 Å². The summed E-state index contributed by atoms with van der Waals surface area (Å²) in [5, 5.41) is 1.35. The summed E-state index contributed by atoms with van der Waals surface area (Å²) in [5.74, 6) is 2.56. The van der Waals surface area contributed by atoms with Crippen LogP contribution in [0.5, 0.6) is 0 Å². The van der Waals surface area contributed by atoms with Crippen molar-refractivity contribution in [2.24, 2.45) is 0 Å². The number of rotatable bonds is 7. The summed E-state index contributed by atoms with van der Waals surface area (Å²) in [7, 11) is 0. The fourth-order valence-electron chi connectivity index (χ4n) is 4.03. The first-order chi connectivity index (χ1) is 17.7. The van der Waals surface area contributed by atoms with Gasteiger partial charge in [0, 0.05) is 50.1 Å². The Hall–Kier alpha value is -2.95. The summed E-state index contributed by atoms with van der Waals surface area (Å²) < 4.78 is 2.67. The second-order valence-corrected chi connectivity index (χ2v) is 11.0. The Morgan fingerprint density at radius 2 is 1.61 bits per heavy atom. The number of thiocarbonyl (C=S) groups is 1. The molecule has 1 fully saturated rings. The van der Waals surface area contributed by atoms with Crippen LogP contribution in [-0.2, 0) is 0 Å². The molecule has 36 heavy (non-hydrogen) atoms. The summed E-state index contributed by atoms with van der Waals surface area (Å²) in [6.07, 6.45) is 4.52. The van der Waals surface area contributed by atoms with Gasteiger partial charge >= 0.3 is 0 Å². The molecule has 10 heteroatoms. The Morgan fingerprint density at radius 1 is 0.889 bits per heavy atom. The van der Waals surface area contributed by atoms with Gasteiger partial charge in [0.15, 0.2) is 5.16 Å². The fraction of sp³-hybridized carbons (Fsp3) is 0.269. The van der Waals surface area contributed by atoms with E-state index in [-0.39, 0.29) is 5.56 Å². The molecule has 0 spiro atoms. The second kappa shape index (κ2) is 11.9. The Kier molecular flexibility index (Phi) is 8.15. The van der Waals surface area contributed by atoms with Gasteiger partial charge in [0.25, 0.3) is 5.56 Å². The lowest BCUT2D eigenvalue weighted by Crippen LogP contribution is -2.48. The van der Waals surface area contributed by atoms with Gasteiger partial charge in [-0.05, 0) is 36.8 Å². The Balaban J connectivity index is 1.15. The molecule has 0 atom stereocenters. The van der Waals surface area contributed by atoms with E-state index in [1.54, 1.807) is 40.5 Å². The summed E-state index contributed by atoms with van der Waals surface area (Å²) in [4.78, 5) is 31.3.